The normalized spacial score (nSPS) is 20.2. The smallest absolute Gasteiger partial charge is 0.268 e. The van der Waals surface area contributed by atoms with E-state index in [2.05, 4.69) is 10.3 Å². The summed E-state index contributed by atoms with van der Waals surface area (Å²) in [5.41, 5.74) is 1.13. The van der Waals surface area contributed by atoms with Crippen molar-refractivity contribution in [1.29, 1.82) is 5.26 Å². The summed E-state index contributed by atoms with van der Waals surface area (Å²) in [5, 5.41) is 21.4. The third kappa shape index (κ3) is 3.49. The Morgan fingerprint density at radius 2 is 2.24 bits per heavy atom. The van der Waals surface area contributed by atoms with Gasteiger partial charge in [0.1, 0.15) is 23.3 Å². The van der Waals surface area contributed by atoms with Crippen molar-refractivity contribution in [2.24, 2.45) is 5.92 Å². The zero-order valence-corrected chi connectivity index (χ0v) is 13.6. The third-order valence-corrected chi connectivity index (χ3v) is 4.49. The Morgan fingerprint density at radius 1 is 1.48 bits per heavy atom. The molecule has 0 unspecified atom stereocenters. The van der Waals surface area contributed by atoms with Crippen molar-refractivity contribution in [3.05, 3.63) is 53.1 Å². The van der Waals surface area contributed by atoms with Crippen LogP contribution in [0.2, 0.25) is 0 Å². The summed E-state index contributed by atoms with van der Waals surface area (Å²) in [7, 11) is 1.48. The zero-order valence-electron chi connectivity index (χ0n) is 13.6. The van der Waals surface area contributed by atoms with Crippen LogP contribution in [-0.4, -0.2) is 29.2 Å². The lowest BCUT2D eigenvalue weighted by atomic mass is 9.74. The molecule has 1 atom stereocenters. The molecule has 25 heavy (non-hydrogen) atoms. The van der Waals surface area contributed by atoms with Crippen molar-refractivity contribution in [2.45, 2.75) is 25.0 Å². The first kappa shape index (κ1) is 17.0. The van der Waals surface area contributed by atoms with Crippen molar-refractivity contribution < 1.29 is 19.0 Å². The summed E-state index contributed by atoms with van der Waals surface area (Å²) < 4.78 is 19.1. The van der Waals surface area contributed by atoms with E-state index in [-0.39, 0.29) is 11.6 Å². The Kier molecular flexibility index (Phi) is 4.72. The second-order valence-electron chi connectivity index (χ2n) is 6.14. The monoisotopic (exact) mass is 343 g/mol. The number of aliphatic hydroxyl groups is 1. The van der Waals surface area contributed by atoms with Gasteiger partial charge in [0, 0.05) is 11.8 Å². The predicted octanol–water partition coefficient (Wildman–Crippen LogP) is 2.28. The highest BCUT2D eigenvalue weighted by Crippen LogP contribution is 2.41. The lowest BCUT2D eigenvalue weighted by Crippen LogP contribution is -2.41. The summed E-state index contributed by atoms with van der Waals surface area (Å²) in [5.74, 6) is -0.391. The van der Waals surface area contributed by atoms with Crippen molar-refractivity contribution in [3.63, 3.8) is 0 Å². The molecule has 1 aliphatic carbocycles. The number of nitrogens with zero attached hydrogens (tertiary/aromatic N) is 1. The molecule has 1 heterocycles. The standard InChI is InChI=1S/C18H18FN3O3/c1-25-16-3-2-12(19)7-14(16)17(11-5-13(23)6-11)22-18(24)15-4-10(8-20)9-21-15/h2-4,7,9,11,13,17,21,23H,5-6H2,1H3,(H,22,24)/t11?,13?,17-/m1/s1. The van der Waals surface area contributed by atoms with E-state index in [1.807, 2.05) is 6.07 Å². The van der Waals surface area contributed by atoms with Gasteiger partial charge in [-0.25, -0.2) is 4.39 Å². The molecule has 1 fully saturated rings. The fourth-order valence-corrected chi connectivity index (χ4v) is 3.11. The van der Waals surface area contributed by atoms with Crippen LogP contribution in [0.3, 0.4) is 0 Å². The first-order valence-electron chi connectivity index (χ1n) is 7.92. The van der Waals surface area contributed by atoms with E-state index >= 15 is 0 Å². The number of benzene rings is 1. The van der Waals surface area contributed by atoms with Gasteiger partial charge in [-0.3, -0.25) is 4.79 Å². The molecule has 1 amide bonds. The van der Waals surface area contributed by atoms with Gasteiger partial charge in [0.2, 0.25) is 0 Å². The van der Waals surface area contributed by atoms with Crippen molar-refractivity contribution in [2.75, 3.05) is 7.11 Å². The van der Waals surface area contributed by atoms with Crippen LogP contribution in [0.15, 0.2) is 30.5 Å². The fraction of sp³-hybridized carbons (Fsp3) is 0.333. The molecule has 3 N–H and O–H groups in total. The number of hydrogen-bond acceptors (Lipinski definition) is 4. The predicted molar refractivity (Wildman–Crippen MR) is 87.4 cm³/mol. The van der Waals surface area contributed by atoms with E-state index in [1.165, 1.54) is 37.6 Å². The molecule has 7 heteroatoms. The zero-order chi connectivity index (χ0) is 18.0. The number of methoxy groups -OCH3 is 1. The van der Waals surface area contributed by atoms with Crippen LogP contribution < -0.4 is 10.1 Å². The van der Waals surface area contributed by atoms with Crippen LogP contribution in [0.25, 0.3) is 0 Å². The van der Waals surface area contributed by atoms with E-state index in [9.17, 15) is 14.3 Å². The minimum atomic E-state index is -0.504. The van der Waals surface area contributed by atoms with Crippen LogP contribution in [0, 0.1) is 23.1 Å². The first-order chi connectivity index (χ1) is 12.0. The van der Waals surface area contributed by atoms with E-state index < -0.39 is 23.9 Å². The lowest BCUT2D eigenvalue weighted by Gasteiger charge is -2.38. The van der Waals surface area contributed by atoms with Gasteiger partial charge in [-0.2, -0.15) is 5.26 Å². The fourth-order valence-electron chi connectivity index (χ4n) is 3.11. The second kappa shape index (κ2) is 6.95. The summed E-state index contributed by atoms with van der Waals surface area (Å²) in [6.45, 7) is 0. The SMILES string of the molecule is COc1ccc(F)cc1[C@H](NC(=O)c1cc(C#N)c[nH]1)C1CC(O)C1. The molecule has 3 rings (SSSR count). The summed E-state index contributed by atoms with van der Waals surface area (Å²) in [4.78, 5) is 15.3. The Labute approximate surface area is 144 Å². The largest absolute Gasteiger partial charge is 0.496 e. The van der Waals surface area contributed by atoms with Crippen molar-refractivity contribution in [1.82, 2.24) is 10.3 Å². The third-order valence-electron chi connectivity index (χ3n) is 4.49. The van der Waals surface area contributed by atoms with Crippen LogP contribution in [0.1, 0.15) is 40.5 Å². The van der Waals surface area contributed by atoms with Crippen LogP contribution in [0.4, 0.5) is 4.39 Å². The average molecular weight is 343 g/mol. The van der Waals surface area contributed by atoms with Gasteiger partial charge in [-0.15, -0.1) is 0 Å². The number of carbonyl (C=O) groups excluding carboxylic acids is 1. The van der Waals surface area contributed by atoms with Gasteiger partial charge in [0.05, 0.1) is 24.8 Å². The quantitative estimate of drug-likeness (QED) is 0.776. The van der Waals surface area contributed by atoms with Crippen LogP contribution >= 0.6 is 0 Å². The molecular formula is C18H18FN3O3. The average Bonchev–Trinajstić information content (AvgIpc) is 3.06. The molecule has 130 valence electrons. The maximum absolute atomic E-state index is 13.8. The van der Waals surface area contributed by atoms with Crippen molar-refractivity contribution in [3.8, 4) is 11.8 Å². The number of aliphatic hydroxyl groups excluding tert-OH is 1. The number of nitriles is 1. The Bertz CT molecular complexity index is 821. The Balaban J connectivity index is 1.89. The minimum Gasteiger partial charge on any atom is -0.496 e. The highest BCUT2D eigenvalue weighted by atomic mass is 19.1. The number of amides is 1. The van der Waals surface area contributed by atoms with Gasteiger partial charge in [-0.05, 0) is 43.0 Å². The summed E-state index contributed by atoms with van der Waals surface area (Å²) in [6.07, 6.45) is 2.05. The number of nitrogens with one attached hydrogen (secondary N) is 2. The maximum Gasteiger partial charge on any atom is 0.268 e. The number of carbonyl (C=O) groups is 1. The van der Waals surface area contributed by atoms with Gasteiger partial charge < -0.3 is 20.1 Å². The first-order valence-corrected chi connectivity index (χ1v) is 7.92. The van der Waals surface area contributed by atoms with Gasteiger partial charge >= 0.3 is 0 Å². The number of hydrogen-bond donors (Lipinski definition) is 3. The molecule has 1 aromatic heterocycles. The number of aromatic nitrogens is 1. The van der Waals surface area contributed by atoms with E-state index in [1.54, 1.807) is 0 Å². The number of aromatic amines is 1. The molecule has 1 aromatic carbocycles. The molecule has 2 aromatic rings. The molecule has 0 bridgehead atoms. The van der Waals surface area contributed by atoms with Gasteiger partial charge in [0.25, 0.3) is 5.91 Å². The van der Waals surface area contributed by atoms with Gasteiger partial charge in [0.15, 0.2) is 0 Å². The van der Waals surface area contributed by atoms with Crippen LogP contribution in [-0.2, 0) is 0 Å². The molecule has 1 saturated carbocycles. The number of halogens is 1. The second-order valence-corrected chi connectivity index (χ2v) is 6.14. The van der Waals surface area contributed by atoms with Crippen LogP contribution in [0.5, 0.6) is 5.75 Å². The molecule has 0 saturated heterocycles. The van der Waals surface area contributed by atoms with Gasteiger partial charge in [-0.1, -0.05) is 0 Å². The maximum atomic E-state index is 13.8. The molecule has 0 spiro atoms. The van der Waals surface area contributed by atoms with E-state index in [0.29, 0.717) is 29.7 Å². The topological polar surface area (TPSA) is 98.1 Å². The van der Waals surface area contributed by atoms with Crippen molar-refractivity contribution >= 4 is 5.91 Å². The number of rotatable bonds is 5. The highest BCUT2D eigenvalue weighted by Gasteiger charge is 2.37. The highest BCUT2D eigenvalue weighted by molar-refractivity contribution is 5.93. The molecule has 6 nitrogen and oxygen atoms in total. The Morgan fingerprint density at radius 3 is 2.84 bits per heavy atom. The lowest BCUT2D eigenvalue weighted by molar-refractivity contribution is 0.0230. The number of ether oxygens (including phenoxy) is 1. The van der Waals surface area contributed by atoms with E-state index in [0.717, 1.165) is 0 Å². The molecule has 0 aliphatic heterocycles. The summed E-state index contributed by atoms with van der Waals surface area (Å²) in [6, 6.07) is 7.04. The molecule has 1 aliphatic rings. The summed E-state index contributed by atoms with van der Waals surface area (Å²) >= 11 is 0. The molecular weight excluding hydrogens is 325 g/mol. The number of H-pyrrole nitrogens is 1. The Hall–Kier alpha value is -2.85. The van der Waals surface area contributed by atoms with E-state index in [4.69, 9.17) is 10.00 Å². The molecule has 0 radical (unpaired) electrons. The minimum absolute atomic E-state index is 0.0277.